The van der Waals surface area contributed by atoms with Crippen molar-refractivity contribution in [1.29, 1.82) is 0 Å². The monoisotopic (exact) mass is 666 g/mol. The zero-order chi connectivity index (χ0) is 33.5. The lowest BCUT2D eigenvalue weighted by Gasteiger charge is -2.14. The molecule has 0 radical (unpaired) electrons. The molecule has 0 atom stereocenters. The molecule has 238 valence electrons. The number of benzene rings is 8. The molecule has 0 amide bonds. The highest BCUT2D eigenvalue weighted by Crippen LogP contribution is 2.46. The minimum atomic E-state index is 1.16. The van der Waals surface area contributed by atoms with Gasteiger partial charge in [-0.1, -0.05) is 140 Å². The maximum absolute atomic E-state index is 2.51. The van der Waals surface area contributed by atoms with Crippen LogP contribution in [0.1, 0.15) is 0 Å². The van der Waals surface area contributed by atoms with Crippen LogP contribution in [0.5, 0.6) is 0 Å². The molecule has 0 aliphatic rings. The Labute approximate surface area is 298 Å². The van der Waals surface area contributed by atoms with E-state index in [1.54, 1.807) is 0 Å². The first-order chi connectivity index (χ1) is 25.3. The van der Waals surface area contributed by atoms with Gasteiger partial charge in [0, 0.05) is 48.3 Å². The normalized spacial score (nSPS) is 11.9. The van der Waals surface area contributed by atoms with Crippen LogP contribution in [0.15, 0.2) is 182 Å². The number of hydrogen-bond donors (Lipinski definition) is 0. The van der Waals surface area contributed by atoms with Gasteiger partial charge >= 0.3 is 0 Å². The highest BCUT2D eigenvalue weighted by molar-refractivity contribution is 7.26. The minimum absolute atomic E-state index is 1.16. The van der Waals surface area contributed by atoms with E-state index in [-0.39, 0.29) is 0 Å². The average molecular weight is 667 g/mol. The van der Waals surface area contributed by atoms with Gasteiger partial charge in [0.25, 0.3) is 0 Å². The Morgan fingerprint density at radius 2 is 1.00 bits per heavy atom. The molecule has 3 heteroatoms. The molecule has 0 saturated heterocycles. The van der Waals surface area contributed by atoms with E-state index in [4.69, 9.17) is 0 Å². The Bertz CT molecular complexity index is 3130. The van der Waals surface area contributed by atoms with E-state index >= 15 is 0 Å². The van der Waals surface area contributed by atoms with E-state index < -0.39 is 0 Å². The molecule has 0 fully saturated rings. The van der Waals surface area contributed by atoms with E-state index in [1.165, 1.54) is 91.7 Å². The smallest absolute Gasteiger partial charge is 0.0641 e. The van der Waals surface area contributed by atoms with E-state index in [1.807, 2.05) is 11.3 Å². The molecule has 0 N–H and O–H groups in total. The Morgan fingerprint density at radius 1 is 0.373 bits per heavy atom. The van der Waals surface area contributed by atoms with Crippen LogP contribution in [0, 0.1) is 0 Å². The second-order valence-corrected chi connectivity index (χ2v) is 14.3. The van der Waals surface area contributed by atoms with Crippen LogP contribution in [0.25, 0.3) is 97.4 Å². The number of nitrogens with zero attached hydrogens (tertiary/aromatic N) is 2. The molecule has 0 aliphatic heterocycles. The lowest BCUT2D eigenvalue weighted by atomic mass is 9.98. The van der Waals surface area contributed by atoms with Gasteiger partial charge in [0.1, 0.15) is 0 Å². The van der Waals surface area contributed by atoms with Gasteiger partial charge in [0.05, 0.1) is 32.5 Å². The summed E-state index contributed by atoms with van der Waals surface area (Å²) < 4.78 is 7.55. The van der Waals surface area contributed by atoms with Gasteiger partial charge < -0.3 is 9.13 Å². The molecule has 3 aromatic heterocycles. The fraction of sp³-hybridized carbons (Fsp3) is 0. The molecule has 0 unspecified atom stereocenters. The Hall–Kier alpha value is -6.42. The van der Waals surface area contributed by atoms with Gasteiger partial charge in [-0.15, -0.1) is 11.3 Å². The summed E-state index contributed by atoms with van der Waals surface area (Å²) >= 11 is 1.89. The molecule has 3 heterocycles. The first kappa shape index (κ1) is 28.4. The Balaban J connectivity index is 1.23. The van der Waals surface area contributed by atoms with Crippen LogP contribution >= 0.6 is 11.3 Å². The summed E-state index contributed by atoms with van der Waals surface area (Å²) in [5, 5.41) is 7.66. The van der Waals surface area contributed by atoms with Gasteiger partial charge in [-0.3, -0.25) is 0 Å². The first-order valence-electron chi connectivity index (χ1n) is 17.4. The topological polar surface area (TPSA) is 9.86 Å². The summed E-state index contributed by atoms with van der Waals surface area (Å²) in [6, 6.07) is 66.6. The number of fused-ring (bicyclic) bond motifs is 9. The van der Waals surface area contributed by atoms with Gasteiger partial charge in [0.15, 0.2) is 0 Å². The maximum Gasteiger partial charge on any atom is 0.0641 e. The van der Waals surface area contributed by atoms with Crippen molar-refractivity contribution in [3.8, 4) is 33.6 Å². The second kappa shape index (κ2) is 11.0. The third kappa shape index (κ3) is 4.16. The summed E-state index contributed by atoms with van der Waals surface area (Å²) in [6.45, 7) is 0. The van der Waals surface area contributed by atoms with Crippen molar-refractivity contribution in [2.45, 2.75) is 0 Å². The standard InChI is InChI=1S/C48H30N2S/c1-3-14-31(15-4-1)34-28-29-43(48-46(34)40-20-9-12-25-45(40)51-48)50-42-24-11-7-18-36(42)38-27-26-32(30-44(38)50)35-21-13-22-39-37-19-8-10-23-41(37)49(47(35)39)33-16-5-2-6-17-33/h1-30H. The molecule has 0 spiro atoms. The first-order valence-corrected chi connectivity index (χ1v) is 18.3. The second-order valence-electron chi connectivity index (χ2n) is 13.3. The lowest BCUT2D eigenvalue weighted by molar-refractivity contribution is 1.18. The molecular weight excluding hydrogens is 637 g/mol. The molecule has 11 rings (SSSR count). The Kier molecular flexibility index (Phi) is 6.16. The highest BCUT2D eigenvalue weighted by atomic mass is 32.1. The van der Waals surface area contributed by atoms with Crippen molar-refractivity contribution in [1.82, 2.24) is 9.13 Å². The van der Waals surface area contributed by atoms with Crippen molar-refractivity contribution < 1.29 is 0 Å². The summed E-state index contributed by atoms with van der Waals surface area (Å²) in [5.74, 6) is 0. The predicted octanol–water partition coefficient (Wildman–Crippen LogP) is 13.6. The van der Waals surface area contributed by atoms with Crippen molar-refractivity contribution in [2.24, 2.45) is 0 Å². The number of hydrogen-bond acceptors (Lipinski definition) is 1. The predicted molar refractivity (Wildman–Crippen MR) is 219 cm³/mol. The number of para-hydroxylation sites is 4. The summed E-state index contributed by atoms with van der Waals surface area (Å²) in [6.07, 6.45) is 0. The van der Waals surface area contributed by atoms with E-state index in [9.17, 15) is 0 Å². The zero-order valence-electron chi connectivity index (χ0n) is 27.6. The molecule has 0 saturated carbocycles. The highest BCUT2D eigenvalue weighted by Gasteiger charge is 2.21. The molecule has 0 bridgehead atoms. The molecule has 11 aromatic rings. The van der Waals surface area contributed by atoms with Crippen LogP contribution in [0.3, 0.4) is 0 Å². The molecule has 8 aromatic carbocycles. The Morgan fingerprint density at radius 3 is 1.80 bits per heavy atom. The number of rotatable bonds is 4. The summed E-state index contributed by atoms with van der Waals surface area (Å²) in [5.41, 5.74) is 12.2. The number of thiophene rings is 1. The fourth-order valence-corrected chi connectivity index (χ4v) is 9.58. The quantitative estimate of drug-likeness (QED) is 0.177. The summed E-state index contributed by atoms with van der Waals surface area (Å²) in [4.78, 5) is 0. The van der Waals surface area contributed by atoms with Gasteiger partial charge in [-0.05, 0) is 59.2 Å². The SMILES string of the molecule is c1ccc(-c2ccc(-n3c4ccccc4c4ccc(-c5cccc6c7ccccc7n(-c7ccccc7)c56)cc43)c3sc4ccccc4c23)cc1. The van der Waals surface area contributed by atoms with Crippen LogP contribution in [-0.4, -0.2) is 9.13 Å². The molecule has 2 nitrogen and oxygen atoms in total. The van der Waals surface area contributed by atoms with Crippen molar-refractivity contribution in [3.63, 3.8) is 0 Å². The van der Waals surface area contributed by atoms with Gasteiger partial charge in [0.2, 0.25) is 0 Å². The van der Waals surface area contributed by atoms with Crippen molar-refractivity contribution >= 4 is 75.1 Å². The third-order valence-corrected chi connectivity index (χ3v) is 11.7. The molecule has 51 heavy (non-hydrogen) atoms. The van der Waals surface area contributed by atoms with E-state index in [0.717, 1.165) is 5.69 Å². The van der Waals surface area contributed by atoms with Crippen LogP contribution in [-0.2, 0) is 0 Å². The zero-order valence-corrected chi connectivity index (χ0v) is 28.4. The van der Waals surface area contributed by atoms with Crippen LogP contribution < -0.4 is 0 Å². The fourth-order valence-electron chi connectivity index (χ4n) is 8.34. The maximum atomic E-state index is 2.51. The summed E-state index contributed by atoms with van der Waals surface area (Å²) in [7, 11) is 0. The van der Waals surface area contributed by atoms with Crippen LogP contribution in [0.4, 0.5) is 0 Å². The van der Waals surface area contributed by atoms with E-state index in [2.05, 4.69) is 191 Å². The van der Waals surface area contributed by atoms with Gasteiger partial charge in [-0.2, -0.15) is 0 Å². The van der Waals surface area contributed by atoms with Crippen LogP contribution in [0.2, 0.25) is 0 Å². The largest absolute Gasteiger partial charge is 0.309 e. The van der Waals surface area contributed by atoms with Crippen molar-refractivity contribution in [2.75, 3.05) is 0 Å². The minimum Gasteiger partial charge on any atom is -0.309 e. The molecule has 0 aliphatic carbocycles. The lowest BCUT2D eigenvalue weighted by Crippen LogP contribution is -1.96. The van der Waals surface area contributed by atoms with E-state index in [0.29, 0.717) is 0 Å². The molecular formula is C48H30N2S. The van der Waals surface area contributed by atoms with Gasteiger partial charge in [-0.25, -0.2) is 0 Å². The third-order valence-electron chi connectivity index (χ3n) is 10.5. The average Bonchev–Trinajstić information content (AvgIpc) is 3.86. The van der Waals surface area contributed by atoms with Crippen molar-refractivity contribution in [3.05, 3.63) is 182 Å². The number of aromatic nitrogens is 2.